The second-order valence-corrected chi connectivity index (χ2v) is 9.63. The molecule has 11 heteroatoms. The Hall–Kier alpha value is -4.43. The number of anilines is 2. The molecule has 0 bridgehead atoms. The topological polar surface area (TPSA) is 101 Å². The highest BCUT2D eigenvalue weighted by molar-refractivity contribution is 5.95. The molecule has 8 nitrogen and oxygen atoms in total. The standard InChI is InChI=1S/C29H29F3N6O2/c1-20(22-9-7-21(15-33)8-10-22)16-35-27(23-5-3-2-4-6-23)28(40)36-25-12-11-24(17-34-25)37-13-14-38(26(39)18-37)19-29(30,31)32/h2-12,17,20,27,35H,13-14,16,18-19H2,1H3,(H,34,36,40)/t20-,27-/m0/s1. The van der Waals surface area contributed by atoms with Gasteiger partial charge in [0.15, 0.2) is 0 Å². The molecule has 40 heavy (non-hydrogen) atoms. The first-order valence-electron chi connectivity index (χ1n) is 12.8. The van der Waals surface area contributed by atoms with Crippen molar-refractivity contribution in [2.24, 2.45) is 0 Å². The van der Waals surface area contributed by atoms with E-state index in [0.717, 1.165) is 16.0 Å². The van der Waals surface area contributed by atoms with Gasteiger partial charge in [0.05, 0.1) is 30.1 Å². The largest absolute Gasteiger partial charge is 0.406 e. The molecule has 0 unspecified atom stereocenters. The Bertz CT molecular complexity index is 1340. The molecule has 2 N–H and O–H groups in total. The van der Waals surface area contributed by atoms with Crippen LogP contribution in [0.1, 0.15) is 35.6 Å². The Balaban J connectivity index is 1.39. The number of nitriles is 1. The number of carbonyl (C=O) groups is 2. The Kier molecular flexibility index (Phi) is 9.01. The fraction of sp³-hybridized carbons (Fsp3) is 0.310. The van der Waals surface area contributed by atoms with Crippen LogP contribution < -0.4 is 15.5 Å². The Labute approximate surface area is 230 Å². The summed E-state index contributed by atoms with van der Waals surface area (Å²) in [6.45, 7) is 1.29. The van der Waals surface area contributed by atoms with Gasteiger partial charge in [0.1, 0.15) is 18.4 Å². The van der Waals surface area contributed by atoms with Gasteiger partial charge in [-0.15, -0.1) is 0 Å². The number of alkyl halides is 3. The minimum absolute atomic E-state index is 0.0395. The number of amides is 2. The van der Waals surface area contributed by atoms with Crippen molar-refractivity contribution in [2.75, 3.05) is 42.9 Å². The normalized spacial score (nSPS) is 15.3. The summed E-state index contributed by atoms with van der Waals surface area (Å²) >= 11 is 0. The highest BCUT2D eigenvalue weighted by Crippen LogP contribution is 2.23. The fourth-order valence-electron chi connectivity index (χ4n) is 4.46. The van der Waals surface area contributed by atoms with Crippen LogP contribution in [0.3, 0.4) is 0 Å². The van der Waals surface area contributed by atoms with Crippen LogP contribution in [0.5, 0.6) is 0 Å². The number of hydrogen-bond donors (Lipinski definition) is 2. The number of hydrogen-bond acceptors (Lipinski definition) is 6. The Morgan fingerprint density at radius 1 is 1.05 bits per heavy atom. The third-order valence-electron chi connectivity index (χ3n) is 6.69. The summed E-state index contributed by atoms with van der Waals surface area (Å²) in [7, 11) is 0. The van der Waals surface area contributed by atoms with E-state index in [1.54, 1.807) is 29.2 Å². The lowest BCUT2D eigenvalue weighted by Crippen LogP contribution is -2.53. The third-order valence-corrected chi connectivity index (χ3v) is 6.69. The quantitative estimate of drug-likeness (QED) is 0.414. The molecule has 1 aliphatic heterocycles. The highest BCUT2D eigenvalue weighted by Gasteiger charge is 2.35. The van der Waals surface area contributed by atoms with Gasteiger partial charge < -0.3 is 20.4 Å². The molecule has 1 aromatic heterocycles. The monoisotopic (exact) mass is 550 g/mol. The summed E-state index contributed by atoms with van der Waals surface area (Å²) in [4.78, 5) is 32.3. The van der Waals surface area contributed by atoms with E-state index in [9.17, 15) is 22.8 Å². The highest BCUT2D eigenvalue weighted by atomic mass is 19.4. The van der Waals surface area contributed by atoms with Crippen molar-refractivity contribution in [3.8, 4) is 6.07 Å². The van der Waals surface area contributed by atoms with Gasteiger partial charge in [0.2, 0.25) is 11.8 Å². The number of carbonyl (C=O) groups excluding carboxylic acids is 2. The molecule has 2 atom stereocenters. The number of halogens is 3. The van der Waals surface area contributed by atoms with Gasteiger partial charge in [-0.25, -0.2) is 4.98 Å². The zero-order valence-corrected chi connectivity index (χ0v) is 21.9. The van der Waals surface area contributed by atoms with Gasteiger partial charge in [-0.2, -0.15) is 18.4 Å². The first-order chi connectivity index (χ1) is 19.1. The van der Waals surface area contributed by atoms with E-state index in [2.05, 4.69) is 21.7 Å². The molecule has 2 amide bonds. The summed E-state index contributed by atoms with van der Waals surface area (Å²) in [6, 6.07) is 21.3. The summed E-state index contributed by atoms with van der Waals surface area (Å²) < 4.78 is 38.0. The van der Waals surface area contributed by atoms with Gasteiger partial charge in [0, 0.05) is 19.6 Å². The summed E-state index contributed by atoms with van der Waals surface area (Å²) in [5.74, 6) is -0.537. The molecular formula is C29H29F3N6O2. The lowest BCUT2D eigenvalue weighted by Gasteiger charge is -2.35. The maximum atomic E-state index is 13.3. The van der Waals surface area contributed by atoms with E-state index in [1.165, 1.54) is 6.20 Å². The van der Waals surface area contributed by atoms with Crippen molar-refractivity contribution in [3.05, 3.63) is 89.6 Å². The average molecular weight is 551 g/mol. The lowest BCUT2D eigenvalue weighted by molar-refractivity contribution is -0.161. The number of nitrogens with one attached hydrogen (secondary N) is 2. The van der Waals surface area contributed by atoms with Crippen LogP contribution >= 0.6 is 0 Å². The van der Waals surface area contributed by atoms with Gasteiger partial charge >= 0.3 is 6.18 Å². The number of nitrogens with zero attached hydrogens (tertiary/aromatic N) is 4. The number of benzene rings is 2. The number of rotatable bonds is 9. The molecule has 1 fully saturated rings. The van der Waals surface area contributed by atoms with Crippen molar-refractivity contribution in [2.45, 2.75) is 25.1 Å². The van der Waals surface area contributed by atoms with Crippen LogP contribution in [-0.2, 0) is 9.59 Å². The van der Waals surface area contributed by atoms with Crippen molar-refractivity contribution in [1.82, 2.24) is 15.2 Å². The molecule has 0 spiro atoms. The molecule has 1 aliphatic rings. The lowest BCUT2D eigenvalue weighted by atomic mass is 9.98. The molecular weight excluding hydrogens is 521 g/mol. The average Bonchev–Trinajstić information content (AvgIpc) is 2.94. The number of piperazine rings is 1. The predicted octanol–water partition coefficient (Wildman–Crippen LogP) is 4.24. The van der Waals surface area contributed by atoms with Crippen LogP contribution in [0.4, 0.5) is 24.7 Å². The molecule has 0 radical (unpaired) electrons. The van der Waals surface area contributed by atoms with Crippen LogP contribution in [-0.4, -0.2) is 60.6 Å². The van der Waals surface area contributed by atoms with Gasteiger partial charge in [-0.1, -0.05) is 49.4 Å². The van der Waals surface area contributed by atoms with Crippen LogP contribution in [0, 0.1) is 11.3 Å². The predicted molar refractivity (Wildman–Crippen MR) is 144 cm³/mol. The maximum absolute atomic E-state index is 13.3. The fourth-order valence-corrected chi connectivity index (χ4v) is 4.46. The van der Waals surface area contributed by atoms with Crippen molar-refractivity contribution < 1.29 is 22.8 Å². The molecule has 4 rings (SSSR count). The molecule has 2 heterocycles. The molecule has 208 valence electrons. The van der Waals surface area contributed by atoms with E-state index >= 15 is 0 Å². The zero-order valence-electron chi connectivity index (χ0n) is 21.9. The Morgan fingerprint density at radius 2 is 1.77 bits per heavy atom. The minimum Gasteiger partial charge on any atom is -0.359 e. The molecule has 0 aliphatic carbocycles. The van der Waals surface area contributed by atoms with E-state index < -0.39 is 24.7 Å². The zero-order chi connectivity index (χ0) is 28.7. The molecule has 1 saturated heterocycles. The van der Waals surface area contributed by atoms with E-state index in [-0.39, 0.29) is 31.5 Å². The number of aromatic nitrogens is 1. The number of pyridine rings is 1. The van der Waals surface area contributed by atoms with Gasteiger partial charge in [-0.05, 0) is 41.3 Å². The maximum Gasteiger partial charge on any atom is 0.406 e. The van der Waals surface area contributed by atoms with Crippen molar-refractivity contribution >= 4 is 23.3 Å². The van der Waals surface area contributed by atoms with E-state index in [1.807, 2.05) is 49.4 Å². The molecule has 2 aromatic carbocycles. The second kappa shape index (κ2) is 12.6. The second-order valence-electron chi connectivity index (χ2n) is 9.63. The first-order valence-corrected chi connectivity index (χ1v) is 12.8. The SMILES string of the molecule is C[C@@H](CN[C@H](C(=O)Nc1ccc(N2CCN(CC(F)(F)F)C(=O)C2)cn1)c1ccccc1)c1ccc(C#N)cc1. The van der Waals surface area contributed by atoms with E-state index in [0.29, 0.717) is 23.6 Å². The molecule has 3 aromatic rings. The van der Waals surface area contributed by atoms with E-state index in [4.69, 9.17) is 5.26 Å². The van der Waals surface area contributed by atoms with Crippen LogP contribution in [0.15, 0.2) is 72.9 Å². The van der Waals surface area contributed by atoms with Crippen molar-refractivity contribution in [1.29, 1.82) is 5.26 Å². The smallest absolute Gasteiger partial charge is 0.359 e. The summed E-state index contributed by atoms with van der Waals surface area (Å²) in [5.41, 5.74) is 2.97. The van der Waals surface area contributed by atoms with Gasteiger partial charge in [-0.3, -0.25) is 9.59 Å². The van der Waals surface area contributed by atoms with Crippen LogP contribution in [0.25, 0.3) is 0 Å². The van der Waals surface area contributed by atoms with Crippen LogP contribution in [0.2, 0.25) is 0 Å². The van der Waals surface area contributed by atoms with Gasteiger partial charge in [0.25, 0.3) is 0 Å². The minimum atomic E-state index is -4.44. The summed E-state index contributed by atoms with van der Waals surface area (Å²) in [5, 5.41) is 15.2. The molecule has 0 saturated carbocycles. The first kappa shape index (κ1) is 28.6. The third kappa shape index (κ3) is 7.57. The van der Waals surface area contributed by atoms with Crippen molar-refractivity contribution in [3.63, 3.8) is 0 Å². The Morgan fingerprint density at radius 3 is 2.38 bits per heavy atom. The summed E-state index contributed by atoms with van der Waals surface area (Å²) in [6.07, 6.45) is -2.95.